The van der Waals surface area contributed by atoms with Gasteiger partial charge in [0.15, 0.2) is 12.0 Å². The van der Waals surface area contributed by atoms with E-state index in [4.69, 9.17) is 9.15 Å². The molecule has 6 nitrogen and oxygen atoms in total. The third-order valence-electron chi connectivity index (χ3n) is 3.85. The first-order chi connectivity index (χ1) is 12.5. The van der Waals surface area contributed by atoms with Gasteiger partial charge in [-0.3, -0.25) is 9.59 Å². The molecule has 0 aliphatic heterocycles. The number of carbonyl (C=O) groups is 2. The summed E-state index contributed by atoms with van der Waals surface area (Å²) in [5.41, 5.74) is 0.878. The van der Waals surface area contributed by atoms with Crippen molar-refractivity contribution < 1.29 is 18.7 Å². The van der Waals surface area contributed by atoms with Crippen LogP contribution in [-0.2, 0) is 9.53 Å². The van der Waals surface area contributed by atoms with Gasteiger partial charge in [-0.05, 0) is 24.6 Å². The van der Waals surface area contributed by atoms with E-state index in [1.165, 1.54) is 0 Å². The lowest BCUT2D eigenvalue weighted by Gasteiger charge is -2.14. The molecule has 0 saturated heterocycles. The third kappa shape index (κ3) is 3.97. The molecule has 0 spiro atoms. The Kier molecular flexibility index (Phi) is 5.12. The Hall–Kier alpha value is -3.41. The maximum absolute atomic E-state index is 12.1. The molecule has 0 fully saturated rings. The van der Waals surface area contributed by atoms with Crippen molar-refractivity contribution >= 4 is 22.8 Å². The van der Waals surface area contributed by atoms with E-state index in [-0.39, 0.29) is 22.8 Å². The monoisotopic (exact) mass is 351 g/mol. The van der Waals surface area contributed by atoms with Crippen molar-refractivity contribution in [2.24, 2.45) is 0 Å². The molecule has 6 heteroatoms. The summed E-state index contributed by atoms with van der Waals surface area (Å²) < 4.78 is 10.3. The van der Waals surface area contributed by atoms with E-state index in [0.29, 0.717) is 5.39 Å². The molecule has 132 valence electrons. The van der Waals surface area contributed by atoms with Gasteiger partial charge in [0.25, 0.3) is 5.91 Å². The molecule has 1 N–H and O–H groups in total. The molecule has 1 heterocycles. The number of hydrogen-bond donors (Lipinski definition) is 1. The quantitative estimate of drug-likeness (QED) is 0.715. The van der Waals surface area contributed by atoms with Crippen LogP contribution in [0.4, 0.5) is 0 Å². The Morgan fingerprint density at radius 3 is 2.54 bits per heavy atom. The topological polar surface area (TPSA) is 85.6 Å². The first kappa shape index (κ1) is 17.4. The van der Waals surface area contributed by atoms with E-state index in [2.05, 4.69) is 5.32 Å². The molecule has 2 aromatic carbocycles. The fraction of sp³-hybridized carbons (Fsp3) is 0.150. The molecule has 0 aliphatic rings. The van der Waals surface area contributed by atoms with Crippen LogP contribution in [0.3, 0.4) is 0 Å². The number of benzene rings is 2. The molecule has 0 saturated carbocycles. The molecule has 0 aliphatic carbocycles. The highest BCUT2D eigenvalue weighted by Crippen LogP contribution is 2.13. The fourth-order valence-electron chi connectivity index (χ4n) is 2.51. The van der Waals surface area contributed by atoms with Gasteiger partial charge >= 0.3 is 5.97 Å². The summed E-state index contributed by atoms with van der Waals surface area (Å²) in [6, 6.07) is 16.8. The zero-order valence-corrected chi connectivity index (χ0v) is 14.1. The number of ether oxygens (including phenoxy) is 1. The summed E-state index contributed by atoms with van der Waals surface area (Å²) in [5, 5.41) is 3.11. The number of carbonyl (C=O) groups excluding carboxylic acids is 2. The average molecular weight is 351 g/mol. The van der Waals surface area contributed by atoms with Crippen molar-refractivity contribution in [2.75, 3.05) is 6.61 Å². The van der Waals surface area contributed by atoms with Crippen molar-refractivity contribution in [3.05, 3.63) is 82.2 Å². The largest absolute Gasteiger partial charge is 0.450 e. The predicted octanol–water partition coefficient (Wildman–Crippen LogP) is 2.83. The molecule has 0 radical (unpaired) electrons. The van der Waals surface area contributed by atoms with Crippen LogP contribution in [0, 0.1) is 0 Å². The Bertz CT molecular complexity index is 994. The van der Waals surface area contributed by atoms with E-state index in [1.807, 2.05) is 37.3 Å². The zero-order valence-electron chi connectivity index (χ0n) is 14.1. The second kappa shape index (κ2) is 7.65. The van der Waals surface area contributed by atoms with Crippen molar-refractivity contribution in [1.29, 1.82) is 0 Å². The summed E-state index contributed by atoms with van der Waals surface area (Å²) in [6.45, 7) is 1.37. The summed E-state index contributed by atoms with van der Waals surface area (Å²) in [7, 11) is 0. The minimum absolute atomic E-state index is 0.221. The molecule has 26 heavy (non-hydrogen) atoms. The number of nitrogens with one attached hydrogen (secondary N) is 1. The summed E-state index contributed by atoms with van der Waals surface area (Å²) in [6.07, 6.45) is 0. The highest BCUT2D eigenvalue weighted by molar-refractivity contribution is 5.90. The van der Waals surface area contributed by atoms with Crippen LogP contribution < -0.4 is 10.7 Å². The van der Waals surface area contributed by atoms with Gasteiger partial charge in [0.1, 0.15) is 5.58 Å². The number of hydrogen-bond acceptors (Lipinski definition) is 5. The van der Waals surface area contributed by atoms with Crippen molar-refractivity contribution in [3.8, 4) is 0 Å². The number of rotatable bonds is 5. The second-order valence-electron chi connectivity index (χ2n) is 5.75. The molecule has 1 aromatic heterocycles. The van der Waals surface area contributed by atoms with E-state index < -0.39 is 18.5 Å². The van der Waals surface area contributed by atoms with E-state index in [0.717, 1.165) is 11.6 Å². The smallest absolute Gasteiger partial charge is 0.374 e. The average Bonchev–Trinajstić information content (AvgIpc) is 2.66. The van der Waals surface area contributed by atoms with Crippen LogP contribution in [-0.4, -0.2) is 18.5 Å². The molecule has 1 amide bonds. The van der Waals surface area contributed by atoms with E-state index in [1.54, 1.807) is 24.3 Å². The van der Waals surface area contributed by atoms with Crippen LogP contribution >= 0.6 is 0 Å². The highest BCUT2D eigenvalue weighted by Gasteiger charge is 2.16. The van der Waals surface area contributed by atoms with Crippen LogP contribution in [0.1, 0.15) is 29.1 Å². The second-order valence-corrected chi connectivity index (χ2v) is 5.75. The number of amides is 1. The molecular weight excluding hydrogens is 334 g/mol. The van der Waals surface area contributed by atoms with Crippen molar-refractivity contribution in [1.82, 2.24) is 5.32 Å². The fourth-order valence-corrected chi connectivity index (χ4v) is 2.51. The molecule has 3 aromatic rings. The van der Waals surface area contributed by atoms with Gasteiger partial charge in [0.2, 0.25) is 5.76 Å². The first-order valence-electron chi connectivity index (χ1n) is 8.09. The van der Waals surface area contributed by atoms with Gasteiger partial charge in [0.05, 0.1) is 11.4 Å². The number of esters is 1. The normalized spacial score (nSPS) is 11.7. The van der Waals surface area contributed by atoms with Gasteiger partial charge in [-0.25, -0.2) is 4.79 Å². The lowest BCUT2D eigenvalue weighted by molar-refractivity contribution is -0.124. The van der Waals surface area contributed by atoms with Crippen LogP contribution in [0.25, 0.3) is 11.0 Å². The van der Waals surface area contributed by atoms with Crippen LogP contribution in [0.5, 0.6) is 0 Å². The van der Waals surface area contributed by atoms with Gasteiger partial charge in [-0.2, -0.15) is 0 Å². The summed E-state index contributed by atoms with van der Waals surface area (Å²) >= 11 is 0. The first-order valence-corrected chi connectivity index (χ1v) is 8.09. The predicted molar refractivity (Wildman–Crippen MR) is 95.8 cm³/mol. The Balaban J connectivity index is 1.62. The minimum atomic E-state index is -0.865. The lowest BCUT2D eigenvalue weighted by Crippen LogP contribution is -2.31. The van der Waals surface area contributed by atoms with Gasteiger partial charge in [0, 0.05) is 6.07 Å². The molecular formula is C20H17NO5. The highest BCUT2D eigenvalue weighted by atomic mass is 16.5. The lowest BCUT2D eigenvalue weighted by atomic mass is 10.1. The maximum Gasteiger partial charge on any atom is 0.374 e. The number of fused-ring (bicyclic) bond motifs is 1. The minimum Gasteiger partial charge on any atom is -0.450 e. The Labute approximate surface area is 149 Å². The van der Waals surface area contributed by atoms with Crippen LogP contribution in [0.15, 0.2) is 69.9 Å². The summed E-state index contributed by atoms with van der Waals surface area (Å²) in [5.74, 6) is -1.55. The number of para-hydroxylation sites is 1. The van der Waals surface area contributed by atoms with Crippen LogP contribution in [0.2, 0.25) is 0 Å². The Morgan fingerprint density at radius 1 is 1.08 bits per heavy atom. The van der Waals surface area contributed by atoms with E-state index >= 15 is 0 Å². The molecule has 0 bridgehead atoms. The van der Waals surface area contributed by atoms with Crippen molar-refractivity contribution in [3.63, 3.8) is 0 Å². The molecule has 0 unspecified atom stereocenters. The SMILES string of the molecule is C[C@@H](NC(=O)COC(=O)c1cc(=O)c2ccccc2o1)c1ccccc1. The van der Waals surface area contributed by atoms with Gasteiger partial charge < -0.3 is 14.5 Å². The van der Waals surface area contributed by atoms with Gasteiger partial charge in [-0.1, -0.05) is 42.5 Å². The Morgan fingerprint density at radius 2 is 1.77 bits per heavy atom. The molecule has 3 rings (SSSR count). The third-order valence-corrected chi connectivity index (χ3v) is 3.85. The zero-order chi connectivity index (χ0) is 18.5. The van der Waals surface area contributed by atoms with E-state index in [9.17, 15) is 14.4 Å². The molecule has 1 atom stereocenters. The standard InChI is InChI=1S/C20H17NO5/c1-13(14-7-3-2-4-8-14)21-19(23)12-25-20(24)18-11-16(22)15-9-5-6-10-17(15)26-18/h2-11,13H,12H2,1H3,(H,21,23)/t13-/m1/s1. The maximum atomic E-state index is 12.1. The van der Waals surface area contributed by atoms with Crippen molar-refractivity contribution in [2.45, 2.75) is 13.0 Å². The van der Waals surface area contributed by atoms with Gasteiger partial charge in [-0.15, -0.1) is 0 Å². The summed E-state index contributed by atoms with van der Waals surface area (Å²) in [4.78, 5) is 36.0.